The van der Waals surface area contributed by atoms with Crippen molar-refractivity contribution in [3.63, 3.8) is 0 Å². The summed E-state index contributed by atoms with van der Waals surface area (Å²) in [6, 6.07) is 4.15. The molecule has 0 spiro atoms. The molecule has 1 saturated heterocycles. The van der Waals surface area contributed by atoms with Gasteiger partial charge in [-0.1, -0.05) is 13.0 Å². The van der Waals surface area contributed by atoms with Crippen molar-refractivity contribution >= 4 is 23.6 Å². The summed E-state index contributed by atoms with van der Waals surface area (Å²) in [5.41, 5.74) is 7.05. The van der Waals surface area contributed by atoms with Crippen LogP contribution in [0, 0.1) is 5.92 Å². The first kappa shape index (κ1) is 18.2. The van der Waals surface area contributed by atoms with Gasteiger partial charge in [-0.3, -0.25) is 29.4 Å². The molecule has 138 valence electrons. The first-order valence-electron chi connectivity index (χ1n) is 8.67. The molecule has 4 N–H and O–H groups in total. The number of nitrogens with one attached hydrogen (secondary N) is 2. The summed E-state index contributed by atoms with van der Waals surface area (Å²) in [6.45, 7) is 3.93. The van der Waals surface area contributed by atoms with Crippen molar-refractivity contribution in [2.75, 3.05) is 13.1 Å². The summed E-state index contributed by atoms with van der Waals surface area (Å²) < 4.78 is 0. The van der Waals surface area contributed by atoms with Crippen LogP contribution in [0.3, 0.4) is 0 Å². The molecule has 1 aromatic rings. The smallest absolute Gasteiger partial charge is 0.262 e. The van der Waals surface area contributed by atoms with Crippen molar-refractivity contribution in [1.29, 1.82) is 0 Å². The lowest BCUT2D eigenvalue weighted by Gasteiger charge is -2.27. The van der Waals surface area contributed by atoms with Gasteiger partial charge in [-0.05, 0) is 43.1 Å². The number of rotatable bonds is 6. The third-order valence-electron chi connectivity index (χ3n) is 4.73. The summed E-state index contributed by atoms with van der Waals surface area (Å²) in [4.78, 5) is 49.6. The molecule has 2 aliphatic heterocycles. The van der Waals surface area contributed by atoms with Gasteiger partial charge >= 0.3 is 0 Å². The Balaban J connectivity index is 1.75. The van der Waals surface area contributed by atoms with Crippen molar-refractivity contribution in [2.45, 2.75) is 32.4 Å². The van der Waals surface area contributed by atoms with Crippen molar-refractivity contribution in [1.82, 2.24) is 15.5 Å². The van der Waals surface area contributed by atoms with Crippen LogP contribution in [-0.4, -0.2) is 47.7 Å². The molecule has 26 heavy (non-hydrogen) atoms. The molecule has 0 radical (unpaired) electrons. The summed E-state index contributed by atoms with van der Waals surface area (Å²) in [5, 5.41) is 5.45. The van der Waals surface area contributed by atoms with Crippen LogP contribution in [-0.2, 0) is 16.1 Å². The van der Waals surface area contributed by atoms with E-state index in [0.29, 0.717) is 30.1 Å². The fourth-order valence-electron chi connectivity index (χ4n) is 3.17. The second kappa shape index (κ2) is 7.35. The molecule has 0 bridgehead atoms. The number of nitrogens with two attached hydrogens (primary N) is 1. The third-order valence-corrected chi connectivity index (χ3v) is 4.73. The summed E-state index contributed by atoms with van der Waals surface area (Å²) in [5.74, 6) is -1.63. The van der Waals surface area contributed by atoms with Gasteiger partial charge in [0.05, 0.1) is 11.1 Å². The minimum Gasteiger partial charge on any atom is -0.330 e. The molecule has 8 heteroatoms. The van der Waals surface area contributed by atoms with Gasteiger partial charge in [0.2, 0.25) is 11.8 Å². The number of amides is 4. The summed E-state index contributed by atoms with van der Waals surface area (Å²) in [7, 11) is 0. The molecule has 0 aliphatic carbocycles. The van der Waals surface area contributed by atoms with Crippen LogP contribution >= 0.6 is 0 Å². The van der Waals surface area contributed by atoms with Crippen LogP contribution in [0.15, 0.2) is 18.2 Å². The molecule has 4 amide bonds. The molecule has 2 aliphatic rings. The second-order valence-electron chi connectivity index (χ2n) is 6.80. The molecule has 2 unspecified atom stereocenters. The van der Waals surface area contributed by atoms with Crippen molar-refractivity contribution in [3.05, 3.63) is 34.9 Å². The fraction of sp³-hybridized carbons (Fsp3) is 0.444. The van der Waals surface area contributed by atoms with Crippen LogP contribution in [0.5, 0.6) is 0 Å². The predicted octanol–water partition coefficient (Wildman–Crippen LogP) is -0.228. The molecule has 3 rings (SSSR count). The highest BCUT2D eigenvalue weighted by Gasteiger charge is 2.44. The topological polar surface area (TPSA) is 122 Å². The van der Waals surface area contributed by atoms with E-state index in [4.69, 9.17) is 5.73 Å². The van der Waals surface area contributed by atoms with E-state index >= 15 is 0 Å². The monoisotopic (exact) mass is 358 g/mol. The highest BCUT2D eigenvalue weighted by atomic mass is 16.2. The number of hydrogen-bond acceptors (Lipinski definition) is 6. The molecule has 8 nitrogen and oxygen atoms in total. The number of nitrogens with zero attached hydrogens (tertiary/aromatic N) is 1. The largest absolute Gasteiger partial charge is 0.330 e. The van der Waals surface area contributed by atoms with Crippen LogP contribution in [0.1, 0.15) is 46.0 Å². The first-order valence-corrected chi connectivity index (χ1v) is 8.67. The Morgan fingerprint density at radius 3 is 2.65 bits per heavy atom. The number of carbonyl (C=O) groups is 4. The molecule has 0 aromatic heterocycles. The average Bonchev–Trinajstić information content (AvgIpc) is 2.86. The van der Waals surface area contributed by atoms with Gasteiger partial charge in [-0.2, -0.15) is 0 Å². The lowest BCUT2D eigenvalue weighted by Crippen LogP contribution is -2.54. The highest BCUT2D eigenvalue weighted by molar-refractivity contribution is 6.23. The Morgan fingerprint density at radius 2 is 1.96 bits per heavy atom. The quantitative estimate of drug-likeness (QED) is 0.604. The Kier molecular flexibility index (Phi) is 5.15. The highest BCUT2D eigenvalue weighted by Crippen LogP contribution is 2.28. The first-order chi connectivity index (χ1) is 12.4. The van der Waals surface area contributed by atoms with Crippen LogP contribution in [0.25, 0.3) is 0 Å². The van der Waals surface area contributed by atoms with Gasteiger partial charge in [0.25, 0.3) is 11.8 Å². The van der Waals surface area contributed by atoms with Crippen LogP contribution < -0.4 is 16.4 Å². The van der Waals surface area contributed by atoms with Gasteiger partial charge in [-0.15, -0.1) is 0 Å². The summed E-state index contributed by atoms with van der Waals surface area (Å²) in [6.07, 6.45) is 0.264. The Bertz CT molecular complexity index is 776. The van der Waals surface area contributed by atoms with E-state index in [9.17, 15) is 19.2 Å². The molecule has 2 atom stereocenters. The van der Waals surface area contributed by atoms with E-state index in [1.807, 2.05) is 6.92 Å². The normalized spacial score (nSPS) is 21.0. The number of piperidine rings is 1. The van der Waals surface area contributed by atoms with Gasteiger partial charge in [-0.25, -0.2) is 0 Å². The minimum absolute atomic E-state index is 0.109. The Hall–Kier alpha value is -2.58. The van der Waals surface area contributed by atoms with Gasteiger partial charge in [0.15, 0.2) is 0 Å². The van der Waals surface area contributed by atoms with E-state index in [0.717, 1.165) is 17.0 Å². The lowest BCUT2D eigenvalue weighted by atomic mass is 10.0. The van der Waals surface area contributed by atoms with E-state index < -0.39 is 23.8 Å². The van der Waals surface area contributed by atoms with E-state index in [1.165, 1.54) is 0 Å². The second-order valence-corrected chi connectivity index (χ2v) is 6.80. The standard InChI is InChI=1S/C18H22N4O4/c1-10(7-19)8-20-9-11-2-3-12-13(6-11)18(26)22(17(12)25)14-4-5-15(23)21-16(14)24/h2-3,6,10,14,20H,4-5,7-9,19H2,1H3,(H,21,23,24). The summed E-state index contributed by atoms with van der Waals surface area (Å²) >= 11 is 0. The molecular formula is C18H22N4O4. The van der Waals surface area contributed by atoms with Crippen LogP contribution in [0.2, 0.25) is 0 Å². The predicted molar refractivity (Wildman–Crippen MR) is 93.0 cm³/mol. The van der Waals surface area contributed by atoms with Crippen molar-refractivity contribution < 1.29 is 19.2 Å². The molecular weight excluding hydrogens is 336 g/mol. The zero-order valence-corrected chi connectivity index (χ0v) is 14.6. The van der Waals surface area contributed by atoms with Gasteiger partial charge in [0, 0.05) is 13.0 Å². The van der Waals surface area contributed by atoms with E-state index in [2.05, 4.69) is 10.6 Å². The number of benzene rings is 1. The average molecular weight is 358 g/mol. The van der Waals surface area contributed by atoms with Gasteiger partial charge in [0.1, 0.15) is 6.04 Å². The van der Waals surface area contributed by atoms with E-state index in [-0.39, 0.29) is 18.7 Å². The van der Waals surface area contributed by atoms with Gasteiger partial charge < -0.3 is 11.1 Å². The maximum atomic E-state index is 12.7. The lowest BCUT2D eigenvalue weighted by molar-refractivity contribution is -0.136. The SMILES string of the molecule is CC(CN)CNCc1ccc2c(c1)C(=O)N(C1CCC(=O)NC1=O)C2=O. The Morgan fingerprint density at radius 1 is 1.23 bits per heavy atom. The van der Waals surface area contributed by atoms with Crippen LogP contribution in [0.4, 0.5) is 0 Å². The van der Waals surface area contributed by atoms with Crippen molar-refractivity contribution in [2.24, 2.45) is 11.7 Å². The minimum atomic E-state index is -0.938. The molecule has 1 aromatic carbocycles. The zero-order valence-electron chi connectivity index (χ0n) is 14.6. The molecule has 2 heterocycles. The molecule has 1 fully saturated rings. The number of fused-ring (bicyclic) bond motifs is 1. The number of imide groups is 2. The van der Waals surface area contributed by atoms with E-state index in [1.54, 1.807) is 18.2 Å². The Labute approximate surface area is 151 Å². The maximum absolute atomic E-state index is 12.7. The van der Waals surface area contributed by atoms with Crippen molar-refractivity contribution in [3.8, 4) is 0 Å². The number of carbonyl (C=O) groups excluding carboxylic acids is 4. The molecule has 0 saturated carbocycles. The third kappa shape index (κ3) is 3.38. The maximum Gasteiger partial charge on any atom is 0.262 e. The number of hydrogen-bond donors (Lipinski definition) is 3. The fourth-order valence-corrected chi connectivity index (χ4v) is 3.17. The zero-order chi connectivity index (χ0) is 18.8.